The standard InChI is InChI=1S/C22H29ClN2O2/c1-3-18-5-8-21(9-6-18)27-16-20(26)15-24-10-12-25(13-11-24)22-14-19(23)7-4-17(22)2/h4-9,14,20,26H,3,10-13,15-16H2,1-2H3/t20-/m1/s1. The second kappa shape index (κ2) is 9.45. The number of nitrogens with zero attached hydrogens (tertiary/aromatic N) is 2. The minimum atomic E-state index is -0.490. The zero-order valence-electron chi connectivity index (χ0n) is 16.2. The maximum Gasteiger partial charge on any atom is 0.119 e. The third kappa shape index (κ3) is 5.61. The van der Waals surface area contributed by atoms with Crippen molar-refractivity contribution in [2.45, 2.75) is 26.4 Å². The van der Waals surface area contributed by atoms with E-state index in [4.69, 9.17) is 16.3 Å². The number of halogens is 1. The smallest absolute Gasteiger partial charge is 0.119 e. The van der Waals surface area contributed by atoms with Gasteiger partial charge in [0.05, 0.1) is 0 Å². The number of aliphatic hydroxyl groups is 1. The lowest BCUT2D eigenvalue weighted by Crippen LogP contribution is -2.49. The van der Waals surface area contributed by atoms with E-state index < -0.39 is 6.10 Å². The van der Waals surface area contributed by atoms with Crippen LogP contribution in [0, 0.1) is 6.92 Å². The van der Waals surface area contributed by atoms with E-state index in [1.807, 2.05) is 24.3 Å². The van der Waals surface area contributed by atoms with Gasteiger partial charge in [-0.25, -0.2) is 0 Å². The molecule has 0 unspecified atom stereocenters. The van der Waals surface area contributed by atoms with Crippen molar-refractivity contribution in [3.63, 3.8) is 0 Å². The molecule has 0 saturated carbocycles. The van der Waals surface area contributed by atoms with Crippen LogP contribution in [0.4, 0.5) is 5.69 Å². The Hall–Kier alpha value is -1.75. The second-order valence-electron chi connectivity index (χ2n) is 7.18. The van der Waals surface area contributed by atoms with Crippen molar-refractivity contribution in [3.8, 4) is 5.75 Å². The number of ether oxygens (including phenoxy) is 1. The summed E-state index contributed by atoms with van der Waals surface area (Å²) >= 11 is 6.15. The summed E-state index contributed by atoms with van der Waals surface area (Å²) in [6, 6.07) is 14.1. The van der Waals surface area contributed by atoms with Crippen LogP contribution in [0.25, 0.3) is 0 Å². The van der Waals surface area contributed by atoms with Crippen LogP contribution in [0.15, 0.2) is 42.5 Å². The fourth-order valence-electron chi connectivity index (χ4n) is 3.46. The lowest BCUT2D eigenvalue weighted by Gasteiger charge is -2.37. The van der Waals surface area contributed by atoms with Crippen LogP contribution in [-0.2, 0) is 6.42 Å². The zero-order chi connectivity index (χ0) is 19.2. The summed E-state index contributed by atoms with van der Waals surface area (Å²) in [5, 5.41) is 11.1. The Morgan fingerprint density at radius 3 is 2.44 bits per heavy atom. The highest BCUT2D eigenvalue weighted by Gasteiger charge is 2.20. The molecule has 1 N–H and O–H groups in total. The van der Waals surface area contributed by atoms with Gasteiger partial charge in [-0.2, -0.15) is 0 Å². The van der Waals surface area contributed by atoms with Crippen molar-refractivity contribution >= 4 is 17.3 Å². The maximum atomic E-state index is 10.3. The first kappa shape index (κ1) is 20.0. The Labute approximate surface area is 167 Å². The van der Waals surface area contributed by atoms with Crippen molar-refractivity contribution in [1.82, 2.24) is 4.90 Å². The van der Waals surface area contributed by atoms with Crippen molar-refractivity contribution < 1.29 is 9.84 Å². The predicted molar refractivity (Wildman–Crippen MR) is 112 cm³/mol. The van der Waals surface area contributed by atoms with Crippen LogP contribution < -0.4 is 9.64 Å². The molecule has 2 aromatic carbocycles. The molecule has 1 atom stereocenters. The van der Waals surface area contributed by atoms with Crippen LogP contribution in [0.2, 0.25) is 5.02 Å². The molecule has 0 radical (unpaired) electrons. The summed E-state index contributed by atoms with van der Waals surface area (Å²) in [4.78, 5) is 4.67. The number of β-amino-alcohol motifs (C(OH)–C–C–N with tert-alkyl or cyclic N) is 1. The van der Waals surface area contributed by atoms with E-state index in [0.29, 0.717) is 13.2 Å². The van der Waals surface area contributed by atoms with Crippen LogP contribution >= 0.6 is 11.6 Å². The Morgan fingerprint density at radius 1 is 1.07 bits per heavy atom. The molecule has 1 fully saturated rings. The molecule has 0 amide bonds. The van der Waals surface area contributed by atoms with Gasteiger partial charge in [-0.3, -0.25) is 4.90 Å². The second-order valence-corrected chi connectivity index (χ2v) is 7.62. The van der Waals surface area contributed by atoms with E-state index in [1.165, 1.54) is 16.8 Å². The maximum absolute atomic E-state index is 10.3. The van der Waals surface area contributed by atoms with Crippen LogP contribution in [-0.4, -0.2) is 55.4 Å². The van der Waals surface area contributed by atoms with Gasteiger partial charge in [-0.05, 0) is 48.7 Å². The number of anilines is 1. The molecule has 5 heteroatoms. The van der Waals surface area contributed by atoms with Crippen molar-refractivity contribution in [1.29, 1.82) is 0 Å². The summed E-state index contributed by atoms with van der Waals surface area (Å²) in [5.74, 6) is 0.813. The molecule has 0 bridgehead atoms. The van der Waals surface area contributed by atoms with Gasteiger partial charge in [0.15, 0.2) is 0 Å². The fourth-order valence-corrected chi connectivity index (χ4v) is 3.63. The number of rotatable bonds is 7. The molecule has 4 nitrogen and oxygen atoms in total. The summed E-state index contributed by atoms with van der Waals surface area (Å²) in [7, 11) is 0. The minimum Gasteiger partial charge on any atom is -0.491 e. The van der Waals surface area contributed by atoms with E-state index in [9.17, 15) is 5.11 Å². The molecule has 0 aromatic heterocycles. The van der Waals surface area contributed by atoms with E-state index >= 15 is 0 Å². The third-order valence-corrected chi connectivity index (χ3v) is 5.36. The van der Waals surface area contributed by atoms with Gasteiger partial charge in [-0.15, -0.1) is 0 Å². The van der Waals surface area contributed by atoms with Gasteiger partial charge >= 0.3 is 0 Å². The quantitative estimate of drug-likeness (QED) is 0.783. The van der Waals surface area contributed by atoms with E-state index in [0.717, 1.165) is 43.4 Å². The number of piperazine rings is 1. The average molecular weight is 389 g/mol. The van der Waals surface area contributed by atoms with Gasteiger partial charge in [0.2, 0.25) is 0 Å². The van der Waals surface area contributed by atoms with Crippen molar-refractivity contribution in [3.05, 3.63) is 58.6 Å². The molecule has 0 aliphatic carbocycles. The van der Waals surface area contributed by atoms with E-state index in [1.54, 1.807) is 0 Å². The zero-order valence-corrected chi connectivity index (χ0v) is 17.0. The monoisotopic (exact) mass is 388 g/mol. The summed E-state index contributed by atoms with van der Waals surface area (Å²) in [5.41, 5.74) is 3.74. The molecule has 1 aliphatic heterocycles. The first-order valence-electron chi connectivity index (χ1n) is 9.68. The molecule has 1 saturated heterocycles. The summed E-state index contributed by atoms with van der Waals surface area (Å²) in [6.45, 7) is 8.93. The number of aliphatic hydroxyl groups excluding tert-OH is 1. The number of aryl methyl sites for hydroxylation is 2. The van der Waals surface area contributed by atoms with Gasteiger partial charge in [0.1, 0.15) is 18.5 Å². The Balaban J connectivity index is 1.43. The molecule has 3 rings (SSSR count). The van der Waals surface area contributed by atoms with Crippen LogP contribution in [0.1, 0.15) is 18.1 Å². The Kier molecular flexibility index (Phi) is 7.00. The van der Waals surface area contributed by atoms with Gasteiger partial charge in [0, 0.05) is 43.4 Å². The molecule has 146 valence electrons. The topological polar surface area (TPSA) is 35.9 Å². The van der Waals surface area contributed by atoms with Crippen LogP contribution in [0.3, 0.4) is 0 Å². The fraction of sp³-hybridized carbons (Fsp3) is 0.455. The molecule has 0 spiro atoms. The van der Waals surface area contributed by atoms with Gasteiger partial charge in [-0.1, -0.05) is 36.7 Å². The molecule has 1 heterocycles. The first-order valence-corrected chi connectivity index (χ1v) is 10.1. The third-order valence-electron chi connectivity index (χ3n) is 5.13. The van der Waals surface area contributed by atoms with Crippen molar-refractivity contribution in [2.24, 2.45) is 0 Å². The van der Waals surface area contributed by atoms with Gasteiger partial charge in [0.25, 0.3) is 0 Å². The average Bonchev–Trinajstić information content (AvgIpc) is 2.69. The molecule has 1 aliphatic rings. The first-order chi connectivity index (χ1) is 13.0. The highest BCUT2D eigenvalue weighted by Crippen LogP contribution is 2.25. The molecule has 2 aromatic rings. The number of hydrogen-bond donors (Lipinski definition) is 1. The van der Waals surface area contributed by atoms with Crippen LogP contribution in [0.5, 0.6) is 5.75 Å². The Bertz CT molecular complexity index is 728. The lowest BCUT2D eigenvalue weighted by atomic mass is 10.1. The normalized spacial score (nSPS) is 16.4. The molecular formula is C22H29ClN2O2. The summed E-state index contributed by atoms with van der Waals surface area (Å²) < 4.78 is 5.73. The number of hydrogen-bond acceptors (Lipinski definition) is 4. The SMILES string of the molecule is CCc1ccc(OC[C@H](O)CN2CCN(c3cc(Cl)ccc3C)CC2)cc1. The van der Waals surface area contributed by atoms with E-state index in [-0.39, 0.29) is 0 Å². The molecule has 27 heavy (non-hydrogen) atoms. The predicted octanol–water partition coefficient (Wildman–Crippen LogP) is 3.77. The minimum absolute atomic E-state index is 0.319. The largest absolute Gasteiger partial charge is 0.491 e. The van der Waals surface area contributed by atoms with E-state index in [2.05, 4.69) is 41.8 Å². The summed E-state index contributed by atoms with van der Waals surface area (Å²) in [6.07, 6.45) is 0.527. The van der Waals surface area contributed by atoms with Crippen molar-refractivity contribution in [2.75, 3.05) is 44.2 Å². The molecular weight excluding hydrogens is 360 g/mol. The lowest BCUT2D eigenvalue weighted by molar-refractivity contribution is 0.0663. The van der Waals surface area contributed by atoms with Gasteiger partial charge < -0.3 is 14.7 Å². The Morgan fingerprint density at radius 2 is 1.78 bits per heavy atom. The highest BCUT2D eigenvalue weighted by molar-refractivity contribution is 6.30. The number of benzene rings is 2. The highest BCUT2D eigenvalue weighted by atomic mass is 35.5.